The van der Waals surface area contributed by atoms with Crippen molar-refractivity contribution in [1.29, 1.82) is 0 Å². The summed E-state index contributed by atoms with van der Waals surface area (Å²) < 4.78 is 11.6. The molecule has 4 unspecified atom stereocenters. The fourth-order valence-electron chi connectivity index (χ4n) is 6.36. The number of hydrogen-bond donors (Lipinski definition) is 0. The third-order valence-corrected chi connectivity index (χ3v) is 9.27. The highest BCUT2D eigenvalue weighted by Crippen LogP contribution is 2.73. The van der Waals surface area contributed by atoms with Gasteiger partial charge in [-0.1, -0.05) is 13.8 Å². The Balaban J connectivity index is 1.41. The van der Waals surface area contributed by atoms with Crippen LogP contribution < -0.4 is 4.74 Å². The van der Waals surface area contributed by atoms with Crippen molar-refractivity contribution in [1.82, 2.24) is 0 Å². The predicted octanol–water partition coefficient (Wildman–Crippen LogP) is 6.05. The molecule has 2 fully saturated rings. The van der Waals surface area contributed by atoms with Crippen LogP contribution in [0.2, 0.25) is 0 Å². The molecule has 0 saturated heterocycles. The lowest BCUT2D eigenvalue weighted by Gasteiger charge is -2.48. The topological polar surface area (TPSA) is 52.6 Å². The second-order valence-electron chi connectivity index (χ2n) is 9.70. The second kappa shape index (κ2) is 6.80. The van der Waals surface area contributed by atoms with Crippen molar-refractivity contribution in [3.63, 3.8) is 0 Å². The maximum absolute atomic E-state index is 13.0. The van der Waals surface area contributed by atoms with Crippen LogP contribution in [0, 0.1) is 11.3 Å². The van der Waals surface area contributed by atoms with Gasteiger partial charge in [0.25, 0.3) is 0 Å². The molecule has 2 bridgehead atoms. The van der Waals surface area contributed by atoms with Crippen LogP contribution in [0.25, 0.3) is 6.08 Å². The molecule has 0 amide bonds. The molecule has 31 heavy (non-hydrogen) atoms. The Kier molecular flexibility index (Phi) is 4.50. The van der Waals surface area contributed by atoms with Crippen LogP contribution in [-0.4, -0.2) is 24.0 Å². The van der Waals surface area contributed by atoms with E-state index in [4.69, 9.17) is 9.47 Å². The SMILES string of the molecule is CCOC(=O)c1csc(/C=C/C(=O)c2ccc3c(c2)C2(C)C4(C)CCC(C4)C2(C)O3)c1. The van der Waals surface area contributed by atoms with Gasteiger partial charge in [0.05, 0.1) is 12.2 Å². The van der Waals surface area contributed by atoms with Gasteiger partial charge in [0, 0.05) is 26.8 Å². The van der Waals surface area contributed by atoms with E-state index in [0.29, 0.717) is 23.7 Å². The van der Waals surface area contributed by atoms with Crippen molar-refractivity contribution in [2.45, 2.75) is 58.0 Å². The fraction of sp³-hybridized carbons (Fsp3) is 0.462. The maximum Gasteiger partial charge on any atom is 0.338 e. The average molecular weight is 437 g/mol. The molecule has 1 aliphatic heterocycles. The van der Waals surface area contributed by atoms with Crippen LogP contribution in [0.5, 0.6) is 5.75 Å². The van der Waals surface area contributed by atoms with Crippen LogP contribution >= 0.6 is 11.3 Å². The van der Waals surface area contributed by atoms with Gasteiger partial charge >= 0.3 is 5.97 Å². The number of thiophene rings is 1. The quantitative estimate of drug-likeness (QED) is 0.325. The van der Waals surface area contributed by atoms with E-state index in [9.17, 15) is 9.59 Å². The van der Waals surface area contributed by atoms with E-state index in [2.05, 4.69) is 26.8 Å². The Hall–Kier alpha value is -2.40. The first-order valence-corrected chi connectivity index (χ1v) is 11.9. The largest absolute Gasteiger partial charge is 0.486 e. The molecule has 0 spiro atoms. The minimum absolute atomic E-state index is 0.0422. The van der Waals surface area contributed by atoms with Crippen LogP contribution in [0.1, 0.15) is 78.1 Å². The standard InChI is InChI=1S/C26H28O4S/c1-5-29-23(28)17-12-19(31-15-17)7-8-21(27)16-6-9-22-20(13-16)25(3)24(2)11-10-18(14-24)26(25,4)30-22/h6-9,12-13,15,18H,5,10-11,14H2,1-4H3/b8-7+. The molecule has 1 aromatic heterocycles. The van der Waals surface area contributed by atoms with E-state index in [1.807, 2.05) is 12.1 Å². The highest BCUT2D eigenvalue weighted by Gasteiger charge is 2.73. The number of allylic oxidation sites excluding steroid dienone is 1. The van der Waals surface area contributed by atoms with E-state index < -0.39 is 0 Å². The molecule has 2 aliphatic carbocycles. The molecule has 4 atom stereocenters. The predicted molar refractivity (Wildman–Crippen MR) is 122 cm³/mol. The first kappa shape index (κ1) is 20.5. The van der Waals surface area contributed by atoms with E-state index >= 15 is 0 Å². The van der Waals surface area contributed by atoms with Crippen LogP contribution in [0.3, 0.4) is 0 Å². The molecule has 4 nitrogen and oxygen atoms in total. The smallest absolute Gasteiger partial charge is 0.338 e. The van der Waals surface area contributed by atoms with Crippen molar-refractivity contribution >= 4 is 29.2 Å². The highest BCUT2D eigenvalue weighted by atomic mass is 32.1. The van der Waals surface area contributed by atoms with Gasteiger partial charge in [-0.2, -0.15) is 0 Å². The summed E-state index contributed by atoms with van der Waals surface area (Å²) in [5.74, 6) is 1.13. The van der Waals surface area contributed by atoms with E-state index in [1.54, 1.807) is 30.5 Å². The number of esters is 1. The summed E-state index contributed by atoms with van der Waals surface area (Å²) >= 11 is 1.42. The first-order chi connectivity index (χ1) is 14.7. The summed E-state index contributed by atoms with van der Waals surface area (Å²) in [6.45, 7) is 9.12. The number of benzene rings is 1. The highest BCUT2D eigenvalue weighted by molar-refractivity contribution is 7.11. The zero-order chi connectivity index (χ0) is 22.0. The summed E-state index contributed by atoms with van der Waals surface area (Å²) in [4.78, 5) is 25.6. The van der Waals surface area contributed by atoms with Crippen LogP contribution in [0.4, 0.5) is 0 Å². The van der Waals surface area contributed by atoms with Gasteiger partial charge in [0.2, 0.25) is 0 Å². The summed E-state index contributed by atoms with van der Waals surface area (Å²) in [6.07, 6.45) is 6.98. The Morgan fingerprint density at radius 3 is 2.81 bits per heavy atom. The second-order valence-corrected chi connectivity index (χ2v) is 10.6. The normalized spacial score (nSPS) is 32.7. The van der Waals surface area contributed by atoms with Crippen molar-refractivity contribution in [3.8, 4) is 5.75 Å². The monoisotopic (exact) mass is 436 g/mol. The molecule has 2 aromatic rings. The van der Waals surface area contributed by atoms with Crippen LogP contribution in [-0.2, 0) is 10.2 Å². The third kappa shape index (κ3) is 2.72. The lowest BCUT2D eigenvalue weighted by molar-refractivity contribution is -0.0260. The van der Waals surface area contributed by atoms with Gasteiger partial charge in [0.1, 0.15) is 11.4 Å². The zero-order valence-electron chi connectivity index (χ0n) is 18.5. The summed E-state index contributed by atoms with van der Waals surface area (Å²) in [7, 11) is 0. The molecule has 162 valence electrons. The Morgan fingerprint density at radius 1 is 1.23 bits per heavy atom. The van der Waals surface area contributed by atoms with Crippen molar-refractivity contribution < 1.29 is 19.1 Å². The minimum atomic E-state index is -0.334. The molecule has 2 heterocycles. The third-order valence-electron chi connectivity index (χ3n) is 8.38. The van der Waals surface area contributed by atoms with Gasteiger partial charge in [-0.3, -0.25) is 4.79 Å². The van der Waals surface area contributed by atoms with Crippen molar-refractivity contribution in [3.05, 3.63) is 57.3 Å². The van der Waals surface area contributed by atoms with Gasteiger partial charge in [-0.25, -0.2) is 4.79 Å². The van der Waals surface area contributed by atoms with E-state index in [-0.39, 0.29) is 28.2 Å². The number of rotatable bonds is 5. The number of carbonyl (C=O) groups is 2. The molecule has 3 aliphatic rings. The first-order valence-electron chi connectivity index (χ1n) is 11.0. The fourth-order valence-corrected chi connectivity index (χ4v) is 7.13. The van der Waals surface area contributed by atoms with E-state index in [1.165, 1.54) is 36.2 Å². The number of ketones is 1. The molecule has 1 aromatic carbocycles. The van der Waals surface area contributed by atoms with Crippen molar-refractivity contribution in [2.75, 3.05) is 6.61 Å². The Morgan fingerprint density at radius 2 is 2.03 bits per heavy atom. The minimum Gasteiger partial charge on any atom is -0.486 e. The zero-order valence-corrected chi connectivity index (χ0v) is 19.3. The molecule has 5 rings (SSSR count). The van der Waals surface area contributed by atoms with Crippen molar-refractivity contribution in [2.24, 2.45) is 11.3 Å². The maximum atomic E-state index is 13.0. The van der Waals surface area contributed by atoms with Gasteiger partial charge in [-0.05, 0) is 80.9 Å². The molecule has 0 N–H and O–H groups in total. The molecular formula is C26H28O4S. The number of ether oxygens (including phenoxy) is 2. The number of hydrogen-bond acceptors (Lipinski definition) is 5. The summed E-state index contributed by atoms with van der Waals surface area (Å²) in [5, 5.41) is 1.76. The molecule has 5 heteroatoms. The lowest BCUT2D eigenvalue weighted by Crippen LogP contribution is -2.54. The Labute approximate surface area is 187 Å². The van der Waals surface area contributed by atoms with Crippen LogP contribution in [0.15, 0.2) is 35.7 Å². The van der Waals surface area contributed by atoms with Gasteiger partial charge < -0.3 is 9.47 Å². The summed E-state index contributed by atoms with van der Waals surface area (Å²) in [5.41, 5.74) is 2.30. The average Bonchev–Trinajstić information content (AvgIpc) is 3.46. The molecular weight excluding hydrogens is 408 g/mol. The molecule has 0 radical (unpaired) electrons. The van der Waals surface area contributed by atoms with Gasteiger partial charge in [-0.15, -0.1) is 11.3 Å². The molecule has 2 saturated carbocycles. The van der Waals surface area contributed by atoms with E-state index in [0.717, 1.165) is 10.6 Å². The number of fused-ring (bicyclic) bond motifs is 7. The van der Waals surface area contributed by atoms with Gasteiger partial charge in [0.15, 0.2) is 5.78 Å². The Bertz CT molecular complexity index is 1110. The lowest BCUT2D eigenvalue weighted by atomic mass is 9.56. The summed E-state index contributed by atoms with van der Waals surface area (Å²) in [6, 6.07) is 7.64. The number of carbonyl (C=O) groups excluding carboxylic acids is 2.